The number of anilines is 1. The van der Waals surface area contributed by atoms with Crippen LogP contribution in [-0.2, 0) is 0 Å². The molecule has 0 atom stereocenters. The van der Waals surface area contributed by atoms with Crippen LogP contribution in [0.3, 0.4) is 0 Å². The highest BCUT2D eigenvalue weighted by molar-refractivity contribution is 5.79. The van der Waals surface area contributed by atoms with E-state index in [9.17, 15) is 0 Å². The summed E-state index contributed by atoms with van der Waals surface area (Å²) in [5.74, 6) is 1.24. The summed E-state index contributed by atoms with van der Waals surface area (Å²) in [7, 11) is 0. The van der Waals surface area contributed by atoms with Gasteiger partial charge in [-0.15, -0.1) is 0 Å². The smallest absolute Gasteiger partial charge is 0.243 e. The minimum absolute atomic E-state index is 0.481. The van der Waals surface area contributed by atoms with Crippen LogP contribution in [0.5, 0.6) is 0 Å². The Morgan fingerprint density at radius 1 is 0.852 bits per heavy atom. The van der Waals surface area contributed by atoms with Crippen LogP contribution in [0.25, 0.3) is 22.3 Å². The summed E-state index contributed by atoms with van der Waals surface area (Å²) in [6, 6.07) is 20.0. The summed E-state index contributed by atoms with van der Waals surface area (Å²) in [6.07, 6.45) is 0. The van der Waals surface area contributed by atoms with Crippen LogP contribution < -0.4 is 10.8 Å². The Morgan fingerprint density at radius 2 is 1.59 bits per heavy atom. The van der Waals surface area contributed by atoms with Crippen LogP contribution in [0.4, 0.5) is 5.95 Å². The van der Waals surface area contributed by atoms with Crippen molar-refractivity contribution in [3.8, 4) is 11.3 Å². The number of aromatic nitrogens is 2. The van der Waals surface area contributed by atoms with Gasteiger partial charge < -0.3 is 4.42 Å². The second kappa shape index (κ2) is 7.03. The fourth-order valence-electron chi connectivity index (χ4n) is 3.00. The summed E-state index contributed by atoms with van der Waals surface area (Å²) in [5, 5.41) is 6.27. The number of rotatable bonds is 3. The number of nitrogens with one attached hydrogen (secondary N) is 1. The van der Waals surface area contributed by atoms with Gasteiger partial charge in [-0.1, -0.05) is 36.4 Å². The van der Waals surface area contributed by atoms with Crippen molar-refractivity contribution in [1.82, 2.24) is 9.97 Å². The first kappa shape index (κ1) is 17.0. The van der Waals surface area contributed by atoms with Crippen LogP contribution in [0.15, 0.2) is 70.2 Å². The molecule has 4 aromatic rings. The van der Waals surface area contributed by atoms with Crippen molar-refractivity contribution >= 4 is 16.9 Å². The predicted octanol–water partition coefficient (Wildman–Crippen LogP) is 4.74. The number of fused-ring (bicyclic) bond motifs is 1. The lowest BCUT2D eigenvalue weighted by Gasteiger charge is -2.06. The Labute approximate surface area is 157 Å². The Hall–Kier alpha value is -3.47. The van der Waals surface area contributed by atoms with E-state index in [1.54, 1.807) is 0 Å². The lowest BCUT2D eigenvalue weighted by Crippen LogP contribution is -2.09. The highest BCUT2D eigenvalue weighted by Crippen LogP contribution is 2.22. The molecule has 0 bridgehead atoms. The van der Waals surface area contributed by atoms with Gasteiger partial charge in [0.05, 0.1) is 5.36 Å². The largest absolute Gasteiger partial charge is 0.456 e. The average molecular weight is 356 g/mol. The van der Waals surface area contributed by atoms with E-state index in [0.717, 1.165) is 44.6 Å². The Kier molecular flexibility index (Phi) is 4.42. The molecule has 2 aromatic heterocycles. The highest BCUT2D eigenvalue weighted by Gasteiger charge is 2.06. The maximum Gasteiger partial charge on any atom is 0.243 e. The van der Waals surface area contributed by atoms with Gasteiger partial charge in [-0.05, 0) is 44.5 Å². The predicted molar refractivity (Wildman–Crippen MR) is 107 cm³/mol. The topological polar surface area (TPSA) is 63.3 Å². The molecule has 0 spiro atoms. The van der Waals surface area contributed by atoms with Crippen molar-refractivity contribution < 1.29 is 4.42 Å². The monoisotopic (exact) mass is 356 g/mol. The van der Waals surface area contributed by atoms with Crippen molar-refractivity contribution in [2.75, 3.05) is 5.43 Å². The third-order valence-corrected chi connectivity index (χ3v) is 4.22. The van der Waals surface area contributed by atoms with E-state index >= 15 is 0 Å². The molecule has 0 aliphatic rings. The standard InChI is InChI=1S/C22H20N4O/c1-14-9-10-18-19(25-26-22-23-15(2)12-16(3)24-22)13-20(27-21(18)11-14)17-7-5-4-6-8-17/h4-13H,1-3H3,(H,23,24,26)/b25-19+. The van der Waals surface area contributed by atoms with E-state index < -0.39 is 0 Å². The molecule has 4 rings (SSSR count). The second-order valence-electron chi connectivity index (χ2n) is 6.56. The van der Waals surface area contributed by atoms with E-state index in [-0.39, 0.29) is 0 Å². The maximum absolute atomic E-state index is 6.14. The van der Waals surface area contributed by atoms with Gasteiger partial charge in [-0.3, -0.25) is 0 Å². The van der Waals surface area contributed by atoms with Crippen molar-refractivity contribution in [2.24, 2.45) is 5.10 Å². The summed E-state index contributed by atoms with van der Waals surface area (Å²) >= 11 is 0. The lowest BCUT2D eigenvalue weighted by molar-refractivity contribution is 0.618. The van der Waals surface area contributed by atoms with Gasteiger partial charge in [0.2, 0.25) is 5.95 Å². The van der Waals surface area contributed by atoms with Crippen LogP contribution in [-0.4, -0.2) is 9.97 Å². The van der Waals surface area contributed by atoms with Gasteiger partial charge in [-0.2, -0.15) is 5.10 Å². The molecule has 0 saturated carbocycles. The molecule has 27 heavy (non-hydrogen) atoms. The van der Waals surface area contributed by atoms with E-state index in [1.165, 1.54) is 0 Å². The van der Waals surface area contributed by atoms with Gasteiger partial charge in [0.15, 0.2) is 0 Å². The summed E-state index contributed by atoms with van der Waals surface area (Å²) in [5.41, 5.74) is 7.71. The first-order valence-electron chi connectivity index (χ1n) is 8.80. The fourth-order valence-corrected chi connectivity index (χ4v) is 3.00. The van der Waals surface area contributed by atoms with Gasteiger partial charge in [0.1, 0.15) is 11.3 Å². The third kappa shape index (κ3) is 3.72. The number of benzene rings is 2. The molecule has 134 valence electrons. The molecule has 0 fully saturated rings. The van der Waals surface area contributed by atoms with Crippen LogP contribution in [0, 0.1) is 20.8 Å². The van der Waals surface area contributed by atoms with E-state index in [2.05, 4.69) is 20.5 Å². The summed E-state index contributed by atoms with van der Waals surface area (Å²) in [4.78, 5) is 8.77. The zero-order chi connectivity index (χ0) is 18.8. The van der Waals surface area contributed by atoms with Gasteiger partial charge in [0.25, 0.3) is 0 Å². The molecule has 2 heterocycles. The van der Waals surface area contributed by atoms with Gasteiger partial charge >= 0.3 is 0 Å². The van der Waals surface area contributed by atoms with Crippen LogP contribution >= 0.6 is 0 Å². The van der Waals surface area contributed by atoms with Crippen LogP contribution in [0.1, 0.15) is 17.0 Å². The van der Waals surface area contributed by atoms with E-state index in [0.29, 0.717) is 5.95 Å². The molecule has 5 nitrogen and oxygen atoms in total. The summed E-state index contributed by atoms with van der Waals surface area (Å²) < 4.78 is 6.14. The number of aryl methyl sites for hydroxylation is 3. The average Bonchev–Trinajstić information content (AvgIpc) is 2.65. The van der Waals surface area contributed by atoms with Gasteiger partial charge in [-0.25, -0.2) is 15.4 Å². The quantitative estimate of drug-likeness (QED) is 0.538. The van der Waals surface area contributed by atoms with Crippen molar-refractivity contribution in [2.45, 2.75) is 20.8 Å². The number of nitrogens with zero attached hydrogens (tertiary/aromatic N) is 3. The van der Waals surface area contributed by atoms with Crippen molar-refractivity contribution in [1.29, 1.82) is 0 Å². The highest BCUT2D eigenvalue weighted by atomic mass is 16.3. The third-order valence-electron chi connectivity index (χ3n) is 4.22. The minimum Gasteiger partial charge on any atom is -0.456 e. The molecule has 2 aromatic carbocycles. The van der Waals surface area contributed by atoms with E-state index in [1.807, 2.05) is 81.4 Å². The zero-order valence-electron chi connectivity index (χ0n) is 15.5. The molecule has 0 aliphatic heterocycles. The Bertz CT molecular complexity index is 1160. The molecule has 0 amide bonds. The molecular weight excluding hydrogens is 336 g/mol. The first-order chi connectivity index (χ1) is 13.1. The normalized spacial score (nSPS) is 11.7. The van der Waals surface area contributed by atoms with Crippen LogP contribution in [0.2, 0.25) is 0 Å². The Morgan fingerprint density at radius 3 is 2.33 bits per heavy atom. The number of hydrogen-bond donors (Lipinski definition) is 1. The molecule has 0 saturated heterocycles. The first-order valence-corrected chi connectivity index (χ1v) is 8.80. The SMILES string of the molecule is Cc1ccc2/c(=N/Nc3nc(C)cc(C)n3)cc(-c3ccccc3)oc2c1. The minimum atomic E-state index is 0.481. The fraction of sp³-hybridized carbons (Fsp3) is 0.136. The summed E-state index contributed by atoms with van der Waals surface area (Å²) in [6.45, 7) is 5.92. The molecule has 1 N–H and O–H groups in total. The maximum atomic E-state index is 6.14. The number of hydrogen-bond acceptors (Lipinski definition) is 5. The Balaban J connectivity index is 1.87. The molecule has 0 aliphatic carbocycles. The van der Waals surface area contributed by atoms with Gasteiger partial charge in [0, 0.05) is 28.4 Å². The molecule has 0 unspecified atom stereocenters. The lowest BCUT2D eigenvalue weighted by atomic mass is 10.1. The zero-order valence-corrected chi connectivity index (χ0v) is 15.5. The molecule has 0 radical (unpaired) electrons. The molecule has 5 heteroatoms. The van der Waals surface area contributed by atoms with E-state index in [4.69, 9.17) is 4.42 Å². The van der Waals surface area contributed by atoms with Crippen molar-refractivity contribution in [3.63, 3.8) is 0 Å². The molecular formula is C22H20N4O. The van der Waals surface area contributed by atoms with Crippen molar-refractivity contribution in [3.05, 3.63) is 83.0 Å². The second-order valence-corrected chi connectivity index (χ2v) is 6.56.